The number of hydrogen-bond donors (Lipinski definition) is 3. The lowest BCUT2D eigenvalue weighted by Gasteiger charge is -2.10. The molecule has 32 heavy (non-hydrogen) atoms. The van der Waals surface area contributed by atoms with Gasteiger partial charge in [0, 0.05) is 17.5 Å². The van der Waals surface area contributed by atoms with Gasteiger partial charge in [0.1, 0.15) is 0 Å². The van der Waals surface area contributed by atoms with Crippen molar-refractivity contribution in [3.05, 3.63) is 77.3 Å². The van der Waals surface area contributed by atoms with Crippen LogP contribution in [0.5, 0.6) is 0 Å². The first-order valence-electron chi connectivity index (χ1n) is 9.71. The third-order valence-electron chi connectivity index (χ3n) is 4.42. The number of hydrogen-bond acceptors (Lipinski definition) is 5. The number of carbonyl (C=O) groups is 4. The molecule has 3 aromatic rings. The maximum Gasteiger partial charge on any atom is 0.306 e. The van der Waals surface area contributed by atoms with Crippen molar-refractivity contribution in [3.8, 4) is 0 Å². The Balaban J connectivity index is 1.38. The number of ether oxygens (including phenoxy) is 1. The van der Waals surface area contributed by atoms with Crippen LogP contribution in [0, 0.1) is 0 Å². The monoisotopic (exact) mass is 453 g/mol. The largest absolute Gasteiger partial charge is 0.456 e. The Labute approximate surface area is 188 Å². The normalized spacial score (nSPS) is 10.3. The van der Waals surface area contributed by atoms with Gasteiger partial charge in [-0.25, -0.2) is 0 Å². The quantitative estimate of drug-likeness (QED) is 0.375. The fraction of sp³-hybridized carbons (Fsp3) is 0.130. The minimum atomic E-state index is -0.717. The van der Waals surface area contributed by atoms with Gasteiger partial charge in [-0.15, -0.1) is 0 Å². The average molecular weight is 454 g/mol. The molecule has 0 aliphatic rings. The summed E-state index contributed by atoms with van der Waals surface area (Å²) in [6.45, 7) is -0.479. The fourth-order valence-corrected chi connectivity index (χ4v) is 3.08. The van der Waals surface area contributed by atoms with E-state index in [9.17, 15) is 19.2 Å². The maximum absolute atomic E-state index is 12.1. The molecule has 0 atom stereocenters. The second kappa shape index (κ2) is 10.9. The van der Waals surface area contributed by atoms with Gasteiger partial charge in [0.2, 0.25) is 5.91 Å². The molecule has 0 bridgehead atoms. The molecule has 9 heteroatoms. The average Bonchev–Trinajstić information content (AvgIpc) is 2.80. The van der Waals surface area contributed by atoms with Gasteiger partial charge in [-0.05, 0) is 23.6 Å². The van der Waals surface area contributed by atoms with E-state index in [-0.39, 0.29) is 23.4 Å². The van der Waals surface area contributed by atoms with E-state index in [1.54, 1.807) is 24.3 Å². The van der Waals surface area contributed by atoms with E-state index in [1.165, 1.54) is 6.07 Å². The van der Waals surface area contributed by atoms with Crippen LogP contribution < -0.4 is 16.2 Å². The summed E-state index contributed by atoms with van der Waals surface area (Å²) in [5.41, 5.74) is 5.22. The van der Waals surface area contributed by atoms with Gasteiger partial charge in [0.15, 0.2) is 6.61 Å². The molecule has 0 spiro atoms. The van der Waals surface area contributed by atoms with Crippen LogP contribution in [-0.4, -0.2) is 30.3 Å². The number of rotatable bonds is 7. The smallest absolute Gasteiger partial charge is 0.306 e. The zero-order valence-corrected chi connectivity index (χ0v) is 17.6. The standard InChI is InChI=1S/C23H20ClN3O5/c24-18-10-4-3-9-17(18)23(31)27-26-20(28)12-13-22(30)32-14-21(29)25-19-11-5-7-15-6-1-2-8-16(15)19/h1-11H,12-14H2,(H,25,29)(H,26,28)(H,27,31). The van der Waals surface area contributed by atoms with Gasteiger partial charge in [-0.1, -0.05) is 60.1 Å². The molecule has 0 heterocycles. The molecule has 0 fully saturated rings. The Bertz CT molecular complexity index is 1160. The molecule has 0 aliphatic carbocycles. The number of benzene rings is 3. The fourth-order valence-electron chi connectivity index (χ4n) is 2.86. The topological polar surface area (TPSA) is 114 Å². The number of hydrazine groups is 1. The van der Waals surface area contributed by atoms with Gasteiger partial charge in [0.25, 0.3) is 11.8 Å². The number of esters is 1. The molecule has 164 valence electrons. The number of anilines is 1. The van der Waals surface area contributed by atoms with Crippen molar-refractivity contribution in [2.45, 2.75) is 12.8 Å². The highest BCUT2D eigenvalue weighted by Gasteiger charge is 2.13. The van der Waals surface area contributed by atoms with Crippen molar-refractivity contribution in [3.63, 3.8) is 0 Å². The second-order valence-electron chi connectivity index (χ2n) is 6.72. The van der Waals surface area contributed by atoms with E-state index in [1.807, 2.05) is 36.4 Å². The van der Waals surface area contributed by atoms with Gasteiger partial charge < -0.3 is 10.1 Å². The van der Waals surface area contributed by atoms with E-state index in [4.69, 9.17) is 16.3 Å². The van der Waals surface area contributed by atoms with Crippen molar-refractivity contribution in [1.29, 1.82) is 0 Å². The first-order chi connectivity index (χ1) is 15.4. The van der Waals surface area contributed by atoms with Crippen LogP contribution in [0.3, 0.4) is 0 Å². The lowest BCUT2D eigenvalue weighted by molar-refractivity contribution is -0.148. The van der Waals surface area contributed by atoms with Crippen molar-refractivity contribution < 1.29 is 23.9 Å². The molecule has 8 nitrogen and oxygen atoms in total. The van der Waals surface area contributed by atoms with Crippen LogP contribution in [0.15, 0.2) is 66.7 Å². The van der Waals surface area contributed by atoms with Crippen LogP contribution in [-0.2, 0) is 19.1 Å². The Kier molecular flexibility index (Phi) is 7.77. The van der Waals surface area contributed by atoms with Gasteiger partial charge in [0.05, 0.1) is 17.0 Å². The summed E-state index contributed by atoms with van der Waals surface area (Å²) in [6, 6.07) is 19.4. The maximum atomic E-state index is 12.1. The van der Waals surface area contributed by atoms with E-state index in [0.29, 0.717) is 5.69 Å². The van der Waals surface area contributed by atoms with E-state index in [0.717, 1.165) is 10.8 Å². The number of carbonyl (C=O) groups excluding carboxylic acids is 4. The van der Waals surface area contributed by atoms with Crippen LogP contribution in [0.25, 0.3) is 10.8 Å². The van der Waals surface area contributed by atoms with Crippen LogP contribution in [0.4, 0.5) is 5.69 Å². The number of amides is 3. The molecule has 3 amide bonds. The first kappa shape index (κ1) is 22.8. The molecule has 0 unspecified atom stereocenters. The highest BCUT2D eigenvalue weighted by atomic mass is 35.5. The summed E-state index contributed by atoms with van der Waals surface area (Å²) >= 11 is 5.91. The number of nitrogens with one attached hydrogen (secondary N) is 3. The third kappa shape index (κ3) is 6.29. The lowest BCUT2D eigenvalue weighted by atomic mass is 10.1. The van der Waals surface area contributed by atoms with E-state index in [2.05, 4.69) is 16.2 Å². The molecular weight excluding hydrogens is 434 g/mol. The van der Waals surface area contributed by atoms with Crippen molar-refractivity contribution in [2.75, 3.05) is 11.9 Å². The predicted octanol–water partition coefficient (Wildman–Crippen LogP) is 3.22. The van der Waals surface area contributed by atoms with Gasteiger partial charge in [-0.3, -0.25) is 30.0 Å². The highest BCUT2D eigenvalue weighted by molar-refractivity contribution is 6.33. The summed E-state index contributed by atoms with van der Waals surface area (Å²) in [7, 11) is 0. The summed E-state index contributed by atoms with van der Waals surface area (Å²) in [5, 5.41) is 4.78. The molecule has 0 radical (unpaired) electrons. The van der Waals surface area contributed by atoms with Crippen molar-refractivity contribution in [2.24, 2.45) is 0 Å². The molecule has 3 rings (SSSR count). The molecule has 3 N–H and O–H groups in total. The minimum Gasteiger partial charge on any atom is -0.456 e. The summed E-state index contributed by atoms with van der Waals surface area (Å²) in [6.07, 6.45) is -0.484. The lowest BCUT2D eigenvalue weighted by Crippen LogP contribution is -2.41. The van der Waals surface area contributed by atoms with Gasteiger partial charge >= 0.3 is 5.97 Å². The third-order valence-corrected chi connectivity index (χ3v) is 4.75. The van der Waals surface area contributed by atoms with Crippen molar-refractivity contribution in [1.82, 2.24) is 10.9 Å². The Morgan fingerprint density at radius 2 is 1.50 bits per heavy atom. The summed E-state index contributed by atoms with van der Waals surface area (Å²) in [5.74, 6) is -2.39. The molecule has 0 saturated carbocycles. The summed E-state index contributed by atoms with van der Waals surface area (Å²) in [4.78, 5) is 47.7. The van der Waals surface area contributed by atoms with Crippen molar-refractivity contribution >= 4 is 51.8 Å². The predicted molar refractivity (Wildman–Crippen MR) is 120 cm³/mol. The number of fused-ring (bicyclic) bond motifs is 1. The van der Waals surface area contributed by atoms with Crippen LogP contribution >= 0.6 is 11.6 Å². The van der Waals surface area contributed by atoms with E-state index < -0.39 is 30.3 Å². The summed E-state index contributed by atoms with van der Waals surface area (Å²) < 4.78 is 4.91. The zero-order valence-electron chi connectivity index (χ0n) is 16.9. The zero-order chi connectivity index (χ0) is 22.9. The number of halogens is 1. The molecule has 0 aromatic heterocycles. The molecular formula is C23H20ClN3O5. The molecule has 0 saturated heterocycles. The Hall–Kier alpha value is -3.91. The second-order valence-corrected chi connectivity index (χ2v) is 7.12. The minimum absolute atomic E-state index is 0.200. The first-order valence-corrected chi connectivity index (χ1v) is 10.1. The molecule has 0 aliphatic heterocycles. The highest BCUT2D eigenvalue weighted by Crippen LogP contribution is 2.22. The Morgan fingerprint density at radius 3 is 2.31 bits per heavy atom. The van der Waals surface area contributed by atoms with Crippen LogP contribution in [0.2, 0.25) is 5.02 Å². The van der Waals surface area contributed by atoms with E-state index >= 15 is 0 Å². The Morgan fingerprint density at radius 1 is 0.781 bits per heavy atom. The SMILES string of the molecule is O=C(CCC(=O)OCC(=O)Nc1cccc2ccccc12)NNC(=O)c1ccccc1Cl. The van der Waals surface area contributed by atoms with Gasteiger partial charge in [-0.2, -0.15) is 0 Å². The van der Waals surface area contributed by atoms with Crippen LogP contribution in [0.1, 0.15) is 23.2 Å². The molecule has 3 aromatic carbocycles.